The molecule has 0 saturated carbocycles. The van der Waals surface area contributed by atoms with Crippen LogP contribution in [0.4, 0.5) is 17.1 Å². The zero-order valence-electron chi connectivity index (χ0n) is 15.4. The first kappa shape index (κ1) is 19.8. The molecule has 0 amide bonds. The Morgan fingerprint density at radius 2 is 1.88 bits per heavy atom. The Morgan fingerprint density at radius 3 is 2.54 bits per heavy atom. The van der Waals surface area contributed by atoms with Crippen LogP contribution in [0.5, 0.6) is 0 Å². The van der Waals surface area contributed by atoms with Crippen LogP contribution < -0.4 is 10.6 Å². The van der Waals surface area contributed by atoms with Crippen molar-refractivity contribution in [2.75, 3.05) is 31.3 Å². The van der Waals surface area contributed by atoms with Gasteiger partial charge in [0.25, 0.3) is 0 Å². The van der Waals surface area contributed by atoms with Crippen LogP contribution in [-0.2, 0) is 6.42 Å². The maximum absolute atomic E-state index is 6.30. The summed E-state index contributed by atoms with van der Waals surface area (Å²) >= 11 is 6.30. The van der Waals surface area contributed by atoms with Crippen molar-refractivity contribution in [3.8, 4) is 0 Å². The molecule has 0 fully saturated rings. The third kappa shape index (κ3) is 5.80. The summed E-state index contributed by atoms with van der Waals surface area (Å²) in [6.07, 6.45) is 6.33. The van der Waals surface area contributed by atoms with E-state index in [0.29, 0.717) is 5.02 Å². The van der Waals surface area contributed by atoms with E-state index in [9.17, 15) is 0 Å². The summed E-state index contributed by atoms with van der Waals surface area (Å²) in [7, 11) is 4.15. The van der Waals surface area contributed by atoms with Crippen molar-refractivity contribution in [3.63, 3.8) is 0 Å². The number of nitrogens with one attached hydrogen (secondary N) is 2. The van der Waals surface area contributed by atoms with E-state index in [1.54, 1.807) is 12.2 Å². The molecule has 0 aliphatic heterocycles. The van der Waals surface area contributed by atoms with Crippen LogP contribution >= 0.6 is 11.6 Å². The van der Waals surface area contributed by atoms with Gasteiger partial charge in [0.1, 0.15) is 0 Å². The third-order valence-corrected chi connectivity index (χ3v) is 4.21. The van der Waals surface area contributed by atoms with Gasteiger partial charge in [-0.25, -0.2) is 0 Å². The Bertz CT molecular complexity index is 794. The molecular formula is C22H26ClN3. The number of hydrogen-bond donors (Lipinski definition) is 2. The summed E-state index contributed by atoms with van der Waals surface area (Å²) in [5.74, 6) is 0. The first-order valence-electron chi connectivity index (χ1n) is 8.55. The second-order valence-electron chi connectivity index (χ2n) is 6.22. The Morgan fingerprint density at radius 1 is 1.12 bits per heavy atom. The summed E-state index contributed by atoms with van der Waals surface area (Å²) < 4.78 is 0. The van der Waals surface area contributed by atoms with Crippen LogP contribution in [0.3, 0.4) is 0 Å². The minimum atomic E-state index is 0.705. The Balaban J connectivity index is 2.31. The average Bonchev–Trinajstić information content (AvgIpc) is 2.63. The molecular weight excluding hydrogens is 342 g/mol. The molecule has 0 saturated heterocycles. The molecule has 0 aromatic heterocycles. The largest absolute Gasteiger partial charge is 0.356 e. The fraction of sp³-hybridized carbons (Fsp3) is 0.182. The van der Waals surface area contributed by atoms with Crippen molar-refractivity contribution >= 4 is 28.7 Å². The van der Waals surface area contributed by atoms with Gasteiger partial charge in [-0.1, -0.05) is 43.0 Å². The maximum atomic E-state index is 6.30. The lowest BCUT2D eigenvalue weighted by molar-refractivity contribution is 0.414. The molecule has 4 heteroatoms. The standard InChI is InChI=1S/C22H26ClN3/c1-5-9-18(6-2)24-19-12-13-21(17(16-19)14-15-26(3)4)25-22-11-8-7-10-20(22)23/h5-13,16,24-25H,1-2,14-15H2,3-4H3/b18-9+. The highest BCUT2D eigenvalue weighted by atomic mass is 35.5. The maximum Gasteiger partial charge on any atom is 0.0640 e. The van der Waals surface area contributed by atoms with Gasteiger partial charge in [-0.2, -0.15) is 0 Å². The number of likely N-dealkylation sites (N-methyl/N-ethyl adjacent to an activating group) is 1. The molecule has 2 N–H and O–H groups in total. The van der Waals surface area contributed by atoms with E-state index in [0.717, 1.165) is 35.7 Å². The normalized spacial score (nSPS) is 11.3. The van der Waals surface area contributed by atoms with Crippen molar-refractivity contribution in [3.05, 3.63) is 90.1 Å². The van der Waals surface area contributed by atoms with Crippen LogP contribution in [0.2, 0.25) is 5.02 Å². The lowest BCUT2D eigenvalue weighted by Crippen LogP contribution is -2.15. The Labute approximate surface area is 161 Å². The van der Waals surface area contributed by atoms with Gasteiger partial charge in [0.2, 0.25) is 0 Å². The molecule has 136 valence electrons. The molecule has 0 heterocycles. The number of allylic oxidation sites excluding steroid dienone is 3. The summed E-state index contributed by atoms with van der Waals surface area (Å²) in [6.45, 7) is 8.52. The van der Waals surface area contributed by atoms with Gasteiger partial charge in [0, 0.05) is 23.6 Å². The smallest absolute Gasteiger partial charge is 0.0640 e. The summed E-state index contributed by atoms with van der Waals surface area (Å²) in [5, 5.41) is 7.52. The molecule has 0 spiro atoms. The van der Waals surface area contributed by atoms with E-state index in [-0.39, 0.29) is 0 Å². The van der Waals surface area contributed by atoms with E-state index < -0.39 is 0 Å². The van der Waals surface area contributed by atoms with Gasteiger partial charge in [-0.05, 0) is 68.6 Å². The summed E-state index contributed by atoms with van der Waals surface area (Å²) in [5.41, 5.74) is 5.09. The predicted molar refractivity (Wildman–Crippen MR) is 116 cm³/mol. The molecule has 2 aromatic rings. The van der Waals surface area contributed by atoms with E-state index >= 15 is 0 Å². The fourth-order valence-corrected chi connectivity index (χ4v) is 2.69. The quantitative estimate of drug-likeness (QED) is 0.544. The van der Waals surface area contributed by atoms with Crippen molar-refractivity contribution in [1.82, 2.24) is 4.90 Å². The first-order valence-corrected chi connectivity index (χ1v) is 8.92. The zero-order chi connectivity index (χ0) is 18.9. The summed E-state index contributed by atoms with van der Waals surface area (Å²) in [4.78, 5) is 2.17. The molecule has 3 nitrogen and oxygen atoms in total. The van der Waals surface area contributed by atoms with Gasteiger partial charge >= 0.3 is 0 Å². The predicted octanol–water partition coefficient (Wildman–Crippen LogP) is 5.86. The van der Waals surface area contributed by atoms with Crippen LogP contribution in [0.15, 0.2) is 79.5 Å². The molecule has 26 heavy (non-hydrogen) atoms. The molecule has 0 radical (unpaired) electrons. The molecule has 0 bridgehead atoms. The number of para-hydroxylation sites is 1. The molecule has 0 aliphatic carbocycles. The van der Waals surface area contributed by atoms with E-state index in [1.807, 2.05) is 36.4 Å². The minimum Gasteiger partial charge on any atom is -0.356 e. The lowest BCUT2D eigenvalue weighted by atomic mass is 10.1. The number of hydrogen-bond acceptors (Lipinski definition) is 3. The van der Waals surface area contributed by atoms with Gasteiger partial charge in [0.05, 0.1) is 10.7 Å². The highest BCUT2D eigenvalue weighted by Crippen LogP contribution is 2.29. The van der Waals surface area contributed by atoms with Crippen molar-refractivity contribution < 1.29 is 0 Å². The summed E-state index contributed by atoms with van der Waals surface area (Å²) in [6, 6.07) is 14.0. The highest BCUT2D eigenvalue weighted by molar-refractivity contribution is 6.33. The monoisotopic (exact) mass is 367 g/mol. The minimum absolute atomic E-state index is 0.705. The van der Waals surface area contributed by atoms with Crippen LogP contribution in [0.25, 0.3) is 0 Å². The Hall–Kier alpha value is -2.49. The van der Waals surface area contributed by atoms with Crippen LogP contribution in [0.1, 0.15) is 5.56 Å². The fourth-order valence-electron chi connectivity index (χ4n) is 2.51. The van der Waals surface area contributed by atoms with Crippen molar-refractivity contribution in [2.45, 2.75) is 6.42 Å². The van der Waals surface area contributed by atoms with E-state index in [1.165, 1.54) is 5.56 Å². The average molecular weight is 368 g/mol. The number of benzene rings is 2. The molecule has 0 aliphatic rings. The second-order valence-corrected chi connectivity index (χ2v) is 6.62. The van der Waals surface area contributed by atoms with Gasteiger partial charge in [0.15, 0.2) is 0 Å². The number of anilines is 3. The van der Waals surface area contributed by atoms with Crippen LogP contribution in [-0.4, -0.2) is 25.5 Å². The van der Waals surface area contributed by atoms with E-state index in [4.69, 9.17) is 11.6 Å². The zero-order valence-corrected chi connectivity index (χ0v) is 16.2. The van der Waals surface area contributed by atoms with Crippen molar-refractivity contribution in [2.24, 2.45) is 0 Å². The van der Waals surface area contributed by atoms with Gasteiger partial charge in [-0.15, -0.1) is 0 Å². The first-order chi connectivity index (χ1) is 12.5. The van der Waals surface area contributed by atoms with Gasteiger partial charge in [-0.3, -0.25) is 0 Å². The number of halogens is 1. The molecule has 2 aromatic carbocycles. The highest BCUT2D eigenvalue weighted by Gasteiger charge is 2.08. The van der Waals surface area contributed by atoms with Crippen LogP contribution in [0, 0.1) is 0 Å². The van der Waals surface area contributed by atoms with Crippen molar-refractivity contribution in [1.29, 1.82) is 0 Å². The second kappa shape index (κ2) is 9.85. The van der Waals surface area contributed by atoms with Gasteiger partial charge < -0.3 is 15.5 Å². The lowest BCUT2D eigenvalue weighted by Gasteiger charge is -2.17. The Kier molecular flexibility index (Phi) is 7.52. The topological polar surface area (TPSA) is 27.3 Å². The SMILES string of the molecule is C=C/C=C(\C=C)Nc1ccc(Nc2ccccc2Cl)c(CCN(C)C)c1. The third-order valence-electron chi connectivity index (χ3n) is 3.88. The number of rotatable bonds is 9. The number of nitrogens with zero attached hydrogens (tertiary/aromatic N) is 1. The molecule has 0 unspecified atom stereocenters. The molecule has 0 atom stereocenters. The molecule has 2 rings (SSSR count). The van der Waals surface area contributed by atoms with E-state index in [2.05, 4.69) is 54.9 Å².